The normalized spacial score (nSPS) is 10.9. The summed E-state index contributed by atoms with van der Waals surface area (Å²) in [6.07, 6.45) is -2.52. The third-order valence-corrected chi connectivity index (χ3v) is 1.46. The lowest BCUT2D eigenvalue weighted by Crippen LogP contribution is -2.29. The molecule has 1 amide bonds. The first-order valence-electron chi connectivity index (χ1n) is 3.80. The highest BCUT2D eigenvalue weighted by Crippen LogP contribution is 2.19. The zero-order valence-electron chi connectivity index (χ0n) is 7.63. The third-order valence-electron chi connectivity index (χ3n) is 1.46. The maximum Gasteiger partial charge on any atom is 0.471 e. The molecule has 4 nitrogen and oxygen atoms in total. The van der Waals surface area contributed by atoms with E-state index in [2.05, 4.69) is 4.98 Å². The monoisotopic (exact) mass is 220 g/mol. The van der Waals surface area contributed by atoms with Crippen molar-refractivity contribution < 1.29 is 22.7 Å². The van der Waals surface area contributed by atoms with Gasteiger partial charge in [0.25, 0.3) is 0 Å². The van der Waals surface area contributed by atoms with Gasteiger partial charge in [0.1, 0.15) is 5.75 Å². The number of nitrogens with zero attached hydrogens (tertiary/aromatic N) is 1. The lowest BCUT2D eigenvalue weighted by Gasteiger charge is -2.08. The lowest BCUT2D eigenvalue weighted by atomic mass is 10.4. The number of pyridine rings is 1. The van der Waals surface area contributed by atoms with Crippen molar-refractivity contribution in [3.63, 3.8) is 0 Å². The van der Waals surface area contributed by atoms with Crippen molar-refractivity contribution >= 4 is 11.6 Å². The second kappa shape index (κ2) is 4.16. The van der Waals surface area contributed by atoms with Gasteiger partial charge < -0.3 is 10.1 Å². The van der Waals surface area contributed by atoms with Crippen LogP contribution in [0.25, 0.3) is 0 Å². The highest BCUT2D eigenvalue weighted by molar-refractivity contribution is 5.94. The Balaban J connectivity index is 2.77. The zero-order chi connectivity index (χ0) is 11.5. The number of halogens is 3. The van der Waals surface area contributed by atoms with Gasteiger partial charge in [-0.3, -0.25) is 9.78 Å². The van der Waals surface area contributed by atoms with Crippen LogP contribution < -0.4 is 10.1 Å². The predicted octanol–water partition coefficient (Wildman–Crippen LogP) is 1.59. The van der Waals surface area contributed by atoms with Gasteiger partial charge >= 0.3 is 12.1 Å². The van der Waals surface area contributed by atoms with Crippen LogP contribution in [0.3, 0.4) is 0 Å². The largest absolute Gasteiger partial charge is 0.495 e. The summed E-state index contributed by atoms with van der Waals surface area (Å²) in [6.45, 7) is 0. The molecular weight excluding hydrogens is 213 g/mol. The van der Waals surface area contributed by atoms with Crippen LogP contribution in [0.15, 0.2) is 18.5 Å². The number of rotatable bonds is 2. The van der Waals surface area contributed by atoms with Gasteiger partial charge in [-0.05, 0) is 0 Å². The molecule has 7 heteroatoms. The van der Waals surface area contributed by atoms with Crippen LogP contribution in [0.2, 0.25) is 0 Å². The molecule has 82 valence electrons. The van der Waals surface area contributed by atoms with E-state index < -0.39 is 12.1 Å². The number of nitrogens with one attached hydrogen (secondary N) is 1. The van der Waals surface area contributed by atoms with Crippen LogP contribution >= 0.6 is 0 Å². The highest BCUT2D eigenvalue weighted by Gasteiger charge is 2.38. The Kier molecular flexibility index (Phi) is 3.13. The van der Waals surface area contributed by atoms with Crippen LogP contribution in [0.4, 0.5) is 18.9 Å². The summed E-state index contributed by atoms with van der Waals surface area (Å²) >= 11 is 0. The summed E-state index contributed by atoms with van der Waals surface area (Å²) in [4.78, 5) is 14.1. The van der Waals surface area contributed by atoms with Crippen molar-refractivity contribution in [3.05, 3.63) is 18.5 Å². The second-order valence-corrected chi connectivity index (χ2v) is 2.57. The van der Waals surface area contributed by atoms with Crippen molar-refractivity contribution in [2.24, 2.45) is 0 Å². The standard InChI is InChI=1S/C8H7F3N2O2/c1-15-6-2-5(3-12-4-6)13-7(14)8(9,10)11/h2-4H,1H3,(H,13,14). The van der Waals surface area contributed by atoms with Gasteiger partial charge in [-0.2, -0.15) is 13.2 Å². The van der Waals surface area contributed by atoms with Crippen LogP contribution in [-0.4, -0.2) is 24.2 Å². The van der Waals surface area contributed by atoms with Crippen LogP contribution in [0.1, 0.15) is 0 Å². The number of hydrogen-bond donors (Lipinski definition) is 1. The number of aromatic nitrogens is 1. The van der Waals surface area contributed by atoms with Crippen LogP contribution in [0, 0.1) is 0 Å². The SMILES string of the molecule is COc1cncc(NC(=O)C(F)(F)F)c1. The van der Waals surface area contributed by atoms with E-state index in [1.165, 1.54) is 19.4 Å². The zero-order valence-corrected chi connectivity index (χ0v) is 7.63. The number of anilines is 1. The fourth-order valence-corrected chi connectivity index (χ4v) is 0.801. The molecule has 0 aliphatic heterocycles. The van der Waals surface area contributed by atoms with Gasteiger partial charge in [0.2, 0.25) is 0 Å². The number of carbonyl (C=O) groups is 1. The van der Waals surface area contributed by atoms with Crippen LogP contribution in [-0.2, 0) is 4.79 Å². The molecular formula is C8H7F3N2O2. The molecule has 0 aliphatic carbocycles. The minimum atomic E-state index is -4.91. The highest BCUT2D eigenvalue weighted by atomic mass is 19.4. The van der Waals surface area contributed by atoms with Gasteiger partial charge in [-0.15, -0.1) is 0 Å². The molecule has 0 aliphatic rings. The van der Waals surface area contributed by atoms with Gasteiger partial charge in [0.05, 0.1) is 25.2 Å². The van der Waals surface area contributed by atoms with E-state index in [-0.39, 0.29) is 11.4 Å². The van der Waals surface area contributed by atoms with E-state index in [0.717, 1.165) is 6.20 Å². The smallest absolute Gasteiger partial charge is 0.471 e. The molecule has 0 unspecified atom stereocenters. The Bertz CT molecular complexity index is 365. The molecule has 0 spiro atoms. The Labute approximate surface area is 83.1 Å². The summed E-state index contributed by atoms with van der Waals surface area (Å²) in [7, 11) is 1.34. The van der Waals surface area contributed by atoms with E-state index in [0.29, 0.717) is 0 Å². The summed E-state index contributed by atoms with van der Waals surface area (Å²) in [5, 5.41) is 1.65. The fraction of sp³-hybridized carbons (Fsp3) is 0.250. The molecule has 0 atom stereocenters. The minimum absolute atomic E-state index is 0.0725. The van der Waals surface area contributed by atoms with Gasteiger partial charge in [-0.1, -0.05) is 0 Å². The summed E-state index contributed by atoms with van der Waals surface area (Å²) in [6, 6.07) is 1.23. The number of hydrogen-bond acceptors (Lipinski definition) is 3. The van der Waals surface area contributed by atoms with Crippen LogP contribution in [0.5, 0.6) is 5.75 Å². The van der Waals surface area contributed by atoms with Crippen molar-refractivity contribution in [1.82, 2.24) is 4.98 Å². The van der Waals surface area contributed by atoms with Crippen molar-refractivity contribution in [1.29, 1.82) is 0 Å². The van der Waals surface area contributed by atoms with E-state index in [9.17, 15) is 18.0 Å². The molecule has 1 aromatic rings. The second-order valence-electron chi connectivity index (χ2n) is 2.57. The maximum atomic E-state index is 11.9. The number of alkyl halides is 3. The molecule has 0 radical (unpaired) electrons. The van der Waals surface area contributed by atoms with Crippen molar-refractivity contribution in [2.45, 2.75) is 6.18 Å². The Hall–Kier alpha value is -1.79. The Morgan fingerprint density at radius 1 is 1.47 bits per heavy atom. The lowest BCUT2D eigenvalue weighted by molar-refractivity contribution is -0.167. The first kappa shape index (κ1) is 11.3. The Morgan fingerprint density at radius 3 is 2.67 bits per heavy atom. The fourth-order valence-electron chi connectivity index (χ4n) is 0.801. The molecule has 0 bridgehead atoms. The molecule has 1 heterocycles. The quantitative estimate of drug-likeness (QED) is 0.823. The molecule has 0 fully saturated rings. The third kappa shape index (κ3) is 3.12. The van der Waals surface area contributed by atoms with Crippen molar-refractivity contribution in [3.8, 4) is 5.75 Å². The molecule has 0 aromatic carbocycles. The molecule has 15 heavy (non-hydrogen) atoms. The first-order chi connectivity index (χ1) is 6.93. The topological polar surface area (TPSA) is 51.2 Å². The summed E-state index contributed by atoms with van der Waals surface area (Å²) in [5.74, 6) is -1.78. The van der Waals surface area contributed by atoms with Gasteiger partial charge in [0, 0.05) is 6.07 Å². The molecule has 0 saturated carbocycles. The van der Waals surface area contributed by atoms with E-state index in [1.807, 2.05) is 0 Å². The first-order valence-corrected chi connectivity index (χ1v) is 3.80. The van der Waals surface area contributed by atoms with Gasteiger partial charge in [0.15, 0.2) is 0 Å². The average Bonchev–Trinajstić information content (AvgIpc) is 2.16. The minimum Gasteiger partial charge on any atom is -0.495 e. The number of methoxy groups -OCH3 is 1. The van der Waals surface area contributed by atoms with Gasteiger partial charge in [-0.25, -0.2) is 0 Å². The number of carbonyl (C=O) groups excluding carboxylic acids is 1. The average molecular weight is 220 g/mol. The van der Waals surface area contributed by atoms with E-state index in [4.69, 9.17) is 4.74 Å². The molecule has 0 saturated heterocycles. The van der Waals surface area contributed by atoms with E-state index >= 15 is 0 Å². The number of ether oxygens (including phenoxy) is 1. The van der Waals surface area contributed by atoms with E-state index in [1.54, 1.807) is 5.32 Å². The summed E-state index contributed by atoms with van der Waals surface area (Å²) < 4.78 is 40.3. The predicted molar refractivity (Wildman–Crippen MR) is 45.5 cm³/mol. The maximum absolute atomic E-state index is 11.9. The summed E-state index contributed by atoms with van der Waals surface area (Å²) in [5.41, 5.74) is -0.0725. The molecule has 1 N–H and O–H groups in total. The Morgan fingerprint density at radius 2 is 2.13 bits per heavy atom. The molecule has 1 aromatic heterocycles. The van der Waals surface area contributed by atoms with Crippen molar-refractivity contribution in [2.75, 3.05) is 12.4 Å². The molecule has 1 rings (SSSR count). The number of amides is 1.